The molecule has 0 aromatic carbocycles. The lowest BCUT2D eigenvalue weighted by Crippen LogP contribution is -2.05. The molecule has 0 atom stereocenters. The first-order valence-corrected chi connectivity index (χ1v) is 7.09. The molecule has 0 saturated carbocycles. The molecule has 0 fully saturated rings. The fourth-order valence-corrected chi connectivity index (χ4v) is 2.29. The Balaban J connectivity index is 1.74. The van der Waals surface area contributed by atoms with Crippen LogP contribution in [0.1, 0.15) is 12.8 Å². The minimum Gasteiger partial charge on any atom is -0.384 e. The summed E-state index contributed by atoms with van der Waals surface area (Å²) in [6.45, 7) is 0.811. The van der Waals surface area contributed by atoms with Crippen molar-refractivity contribution in [2.24, 2.45) is 0 Å². The van der Waals surface area contributed by atoms with Crippen LogP contribution in [-0.2, 0) is 0 Å². The molecular formula is C17H18N4. The molecule has 1 aliphatic rings. The third kappa shape index (κ3) is 3.48. The van der Waals surface area contributed by atoms with Crippen LogP contribution >= 0.6 is 0 Å². The largest absolute Gasteiger partial charge is 0.384 e. The van der Waals surface area contributed by atoms with Gasteiger partial charge in [0.25, 0.3) is 0 Å². The third-order valence-electron chi connectivity index (χ3n) is 3.37. The minimum absolute atomic E-state index is 0.517. The van der Waals surface area contributed by atoms with Gasteiger partial charge >= 0.3 is 0 Å². The maximum atomic E-state index is 5.73. The van der Waals surface area contributed by atoms with Crippen LogP contribution in [0.3, 0.4) is 0 Å². The summed E-state index contributed by atoms with van der Waals surface area (Å²) in [7, 11) is 0. The van der Waals surface area contributed by atoms with E-state index < -0.39 is 0 Å². The van der Waals surface area contributed by atoms with Gasteiger partial charge in [-0.1, -0.05) is 24.3 Å². The van der Waals surface area contributed by atoms with E-state index in [1.54, 1.807) is 12.3 Å². The predicted molar refractivity (Wildman–Crippen MR) is 86.8 cm³/mol. The number of pyridine rings is 2. The Morgan fingerprint density at radius 1 is 1.19 bits per heavy atom. The zero-order chi connectivity index (χ0) is 14.5. The summed E-state index contributed by atoms with van der Waals surface area (Å²) in [5, 5.41) is 3.40. The molecule has 3 N–H and O–H groups in total. The van der Waals surface area contributed by atoms with E-state index >= 15 is 0 Å². The molecule has 0 saturated heterocycles. The van der Waals surface area contributed by atoms with Crippen molar-refractivity contribution in [1.29, 1.82) is 0 Å². The number of nitrogen functional groups attached to an aromatic ring is 1. The number of nitrogens with one attached hydrogen (secondary N) is 1. The molecule has 106 valence electrons. The van der Waals surface area contributed by atoms with Crippen LogP contribution in [0.2, 0.25) is 0 Å². The van der Waals surface area contributed by atoms with Crippen molar-refractivity contribution in [3.05, 3.63) is 60.5 Å². The smallest absolute Gasteiger partial charge is 0.124 e. The van der Waals surface area contributed by atoms with Crippen LogP contribution in [0.15, 0.2) is 60.5 Å². The molecule has 4 heteroatoms. The van der Waals surface area contributed by atoms with Gasteiger partial charge in [-0.2, -0.15) is 0 Å². The molecular weight excluding hydrogens is 260 g/mol. The van der Waals surface area contributed by atoms with E-state index in [2.05, 4.69) is 33.5 Å². The van der Waals surface area contributed by atoms with Gasteiger partial charge in [-0.3, -0.25) is 4.98 Å². The second kappa shape index (κ2) is 6.22. The lowest BCUT2D eigenvalue weighted by Gasteiger charge is -2.10. The Bertz CT molecular complexity index is 689. The number of anilines is 2. The molecule has 2 aromatic heterocycles. The molecule has 0 unspecified atom stereocenters. The number of hydrogen-bond acceptors (Lipinski definition) is 4. The molecule has 0 bridgehead atoms. The minimum atomic E-state index is 0.517. The van der Waals surface area contributed by atoms with E-state index in [0.717, 1.165) is 36.3 Å². The van der Waals surface area contributed by atoms with Crippen LogP contribution in [0.4, 0.5) is 11.5 Å². The molecule has 0 amide bonds. The molecule has 21 heavy (non-hydrogen) atoms. The highest BCUT2D eigenvalue weighted by Gasteiger charge is 2.03. The maximum Gasteiger partial charge on any atom is 0.124 e. The normalized spacial score (nSPS) is 13.8. The summed E-state index contributed by atoms with van der Waals surface area (Å²) in [4.78, 5) is 8.60. The average Bonchev–Trinajstić information content (AvgIpc) is 2.54. The van der Waals surface area contributed by atoms with Gasteiger partial charge in [0.05, 0.1) is 11.4 Å². The molecule has 0 radical (unpaired) electrons. The zero-order valence-corrected chi connectivity index (χ0v) is 11.8. The summed E-state index contributed by atoms with van der Waals surface area (Å²) < 4.78 is 0. The van der Waals surface area contributed by atoms with Crippen LogP contribution in [0.25, 0.3) is 11.3 Å². The highest BCUT2D eigenvalue weighted by molar-refractivity contribution is 5.64. The van der Waals surface area contributed by atoms with Crippen LogP contribution < -0.4 is 11.1 Å². The van der Waals surface area contributed by atoms with Gasteiger partial charge in [-0.15, -0.1) is 0 Å². The van der Waals surface area contributed by atoms with Gasteiger partial charge < -0.3 is 11.1 Å². The van der Waals surface area contributed by atoms with Crippen molar-refractivity contribution in [1.82, 2.24) is 9.97 Å². The number of nitrogens with two attached hydrogens (primary N) is 1. The van der Waals surface area contributed by atoms with Gasteiger partial charge in [0.1, 0.15) is 5.82 Å². The Kier molecular flexibility index (Phi) is 3.96. The fourth-order valence-electron chi connectivity index (χ4n) is 2.29. The lowest BCUT2D eigenvalue weighted by atomic mass is 10.1. The van der Waals surface area contributed by atoms with Crippen LogP contribution in [0, 0.1) is 0 Å². The maximum absolute atomic E-state index is 5.73. The van der Waals surface area contributed by atoms with Gasteiger partial charge in [0.15, 0.2) is 0 Å². The van der Waals surface area contributed by atoms with Crippen molar-refractivity contribution < 1.29 is 0 Å². The topological polar surface area (TPSA) is 63.8 Å². The monoisotopic (exact) mass is 278 g/mol. The van der Waals surface area contributed by atoms with Gasteiger partial charge in [0.2, 0.25) is 0 Å². The van der Waals surface area contributed by atoms with E-state index in [1.807, 2.05) is 24.4 Å². The molecule has 1 aliphatic carbocycles. The number of aromatic nitrogens is 2. The molecule has 0 spiro atoms. The Morgan fingerprint density at radius 3 is 2.95 bits per heavy atom. The SMILES string of the molecule is Nc1cccc(-c2cncc(NCC3=CCCC=C3)c2)n1. The van der Waals surface area contributed by atoms with E-state index in [0.29, 0.717) is 5.82 Å². The van der Waals surface area contributed by atoms with Gasteiger partial charge in [-0.05, 0) is 36.6 Å². The first-order chi connectivity index (χ1) is 10.3. The van der Waals surface area contributed by atoms with Crippen molar-refractivity contribution in [2.75, 3.05) is 17.6 Å². The van der Waals surface area contributed by atoms with Crippen molar-refractivity contribution in [3.8, 4) is 11.3 Å². The van der Waals surface area contributed by atoms with Crippen molar-refractivity contribution in [3.63, 3.8) is 0 Å². The summed E-state index contributed by atoms with van der Waals surface area (Å²) in [6.07, 6.45) is 12.5. The second-order valence-corrected chi connectivity index (χ2v) is 5.02. The summed E-state index contributed by atoms with van der Waals surface area (Å²) in [5.74, 6) is 0.517. The molecule has 2 heterocycles. The fraction of sp³-hybridized carbons (Fsp3) is 0.176. The highest BCUT2D eigenvalue weighted by Crippen LogP contribution is 2.20. The molecule has 3 rings (SSSR count). The zero-order valence-electron chi connectivity index (χ0n) is 11.8. The first-order valence-electron chi connectivity index (χ1n) is 7.09. The van der Waals surface area contributed by atoms with Crippen molar-refractivity contribution in [2.45, 2.75) is 12.8 Å². The third-order valence-corrected chi connectivity index (χ3v) is 3.37. The Morgan fingerprint density at radius 2 is 2.14 bits per heavy atom. The summed E-state index contributed by atoms with van der Waals surface area (Å²) >= 11 is 0. The van der Waals surface area contributed by atoms with Gasteiger partial charge in [0, 0.05) is 24.5 Å². The second-order valence-electron chi connectivity index (χ2n) is 5.02. The first kappa shape index (κ1) is 13.4. The lowest BCUT2D eigenvalue weighted by molar-refractivity contribution is 1.00. The summed E-state index contributed by atoms with van der Waals surface area (Å²) in [6, 6.07) is 7.65. The predicted octanol–water partition coefficient (Wildman–Crippen LogP) is 3.41. The molecule has 0 aliphatic heterocycles. The van der Waals surface area contributed by atoms with E-state index in [-0.39, 0.29) is 0 Å². The summed E-state index contributed by atoms with van der Waals surface area (Å²) in [5.41, 5.74) is 9.82. The quantitative estimate of drug-likeness (QED) is 0.899. The van der Waals surface area contributed by atoms with E-state index in [4.69, 9.17) is 5.73 Å². The van der Waals surface area contributed by atoms with Crippen LogP contribution in [-0.4, -0.2) is 16.5 Å². The Labute approximate surface area is 124 Å². The molecule has 4 nitrogen and oxygen atoms in total. The number of rotatable bonds is 4. The number of hydrogen-bond donors (Lipinski definition) is 2. The van der Waals surface area contributed by atoms with E-state index in [1.165, 1.54) is 5.57 Å². The Hall–Kier alpha value is -2.62. The van der Waals surface area contributed by atoms with Crippen LogP contribution in [0.5, 0.6) is 0 Å². The number of allylic oxidation sites excluding steroid dienone is 2. The van der Waals surface area contributed by atoms with Gasteiger partial charge in [-0.25, -0.2) is 4.98 Å². The standard InChI is InChI=1S/C17H18N4/c18-17-8-4-7-16(21-17)14-9-15(12-19-11-14)20-10-13-5-2-1-3-6-13/h2,4-9,11-12,20H,1,3,10H2,(H2,18,21). The van der Waals surface area contributed by atoms with E-state index in [9.17, 15) is 0 Å². The molecule has 2 aromatic rings. The highest BCUT2D eigenvalue weighted by atomic mass is 14.9. The average molecular weight is 278 g/mol. The number of nitrogens with zero attached hydrogens (tertiary/aromatic N) is 2. The van der Waals surface area contributed by atoms with Crippen molar-refractivity contribution >= 4 is 11.5 Å².